The van der Waals surface area contributed by atoms with Gasteiger partial charge in [-0.15, -0.1) is 0 Å². The van der Waals surface area contributed by atoms with E-state index in [0.29, 0.717) is 6.54 Å². The van der Waals surface area contributed by atoms with Crippen molar-refractivity contribution in [1.29, 1.82) is 0 Å². The Morgan fingerprint density at radius 1 is 1.38 bits per heavy atom. The number of aliphatic hydroxyl groups is 1. The van der Waals surface area contributed by atoms with Crippen molar-refractivity contribution in [3.63, 3.8) is 0 Å². The van der Waals surface area contributed by atoms with E-state index in [1.54, 1.807) is 12.4 Å². The van der Waals surface area contributed by atoms with Crippen LogP contribution in [0.1, 0.15) is 37.1 Å². The predicted octanol–water partition coefficient (Wildman–Crippen LogP) is 0.916. The van der Waals surface area contributed by atoms with Crippen LogP contribution in [0.15, 0.2) is 12.4 Å². The summed E-state index contributed by atoms with van der Waals surface area (Å²) in [6.07, 6.45) is 6.71. The quantitative estimate of drug-likeness (QED) is 0.779. The number of nitrogens with two attached hydrogens (primary N) is 1. The zero-order chi connectivity index (χ0) is 11.6. The fourth-order valence-corrected chi connectivity index (χ4v) is 2.62. The van der Waals surface area contributed by atoms with Gasteiger partial charge in [-0.1, -0.05) is 0 Å². The van der Waals surface area contributed by atoms with Crippen molar-refractivity contribution in [2.24, 2.45) is 5.73 Å². The molecule has 0 aliphatic heterocycles. The van der Waals surface area contributed by atoms with Crippen LogP contribution < -0.4 is 5.73 Å². The second-order valence-electron chi connectivity index (χ2n) is 4.71. The molecule has 3 N–H and O–H groups in total. The summed E-state index contributed by atoms with van der Waals surface area (Å²) in [5.41, 5.74) is 7.84. The summed E-state index contributed by atoms with van der Waals surface area (Å²) in [6.45, 7) is 2.56. The van der Waals surface area contributed by atoms with Crippen molar-refractivity contribution in [1.82, 2.24) is 9.97 Å². The highest BCUT2D eigenvalue weighted by atomic mass is 16.3. The fraction of sp³-hybridized carbons (Fsp3) is 0.667. The summed E-state index contributed by atoms with van der Waals surface area (Å²) < 4.78 is 0. The standard InChI is InChI=1S/C12H19N3O/c1-9-11(15-7-6-14-9)12(8-13)4-2-10(16)3-5-12/h6-7,10,16H,2-5,8,13H2,1H3. The van der Waals surface area contributed by atoms with Crippen LogP contribution in [-0.2, 0) is 5.41 Å². The minimum Gasteiger partial charge on any atom is -0.393 e. The van der Waals surface area contributed by atoms with E-state index in [4.69, 9.17) is 5.73 Å². The van der Waals surface area contributed by atoms with Crippen molar-refractivity contribution in [3.05, 3.63) is 23.8 Å². The molecular weight excluding hydrogens is 202 g/mol. The van der Waals surface area contributed by atoms with Gasteiger partial charge in [-0.05, 0) is 32.6 Å². The zero-order valence-corrected chi connectivity index (χ0v) is 9.69. The molecule has 1 aromatic heterocycles. The van der Waals surface area contributed by atoms with E-state index in [9.17, 15) is 5.11 Å². The zero-order valence-electron chi connectivity index (χ0n) is 9.69. The van der Waals surface area contributed by atoms with Gasteiger partial charge >= 0.3 is 0 Å². The van der Waals surface area contributed by atoms with Gasteiger partial charge in [-0.25, -0.2) is 0 Å². The van der Waals surface area contributed by atoms with Crippen LogP contribution in [0.25, 0.3) is 0 Å². The van der Waals surface area contributed by atoms with Crippen LogP contribution in [0.2, 0.25) is 0 Å². The van der Waals surface area contributed by atoms with E-state index >= 15 is 0 Å². The predicted molar refractivity (Wildman–Crippen MR) is 62.0 cm³/mol. The van der Waals surface area contributed by atoms with E-state index < -0.39 is 0 Å². The summed E-state index contributed by atoms with van der Waals surface area (Å²) in [4.78, 5) is 8.73. The average Bonchev–Trinajstić information content (AvgIpc) is 2.32. The third-order valence-electron chi connectivity index (χ3n) is 3.69. The number of aliphatic hydroxyl groups excluding tert-OH is 1. The summed E-state index contributed by atoms with van der Waals surface area (Å²) in [5, 5.41) is 9.58. The number of rotatable bonds is 2. The molecule has 0 saturated heterocycles. The van der Waals surface area contributed by atoms with Crippen molar-refractivity contribution >= 4 is 0 Å². The highest BCUT2D eigenvalue weighted by Crippen LogP contribution is 2.38. The highest BCUT2D eigenvalue weighted by Gasteiger charge is 2.37. The molecule has 88 valence electrons. The Bertz CT molecular complexity index is 359. The molecule has 1 aliphatic carbocycles. The van der Waals surface area contributed by atoms with E-state index in [0.717, 1.165) is 37.1 Å². The first-order chi connectivity index (χ1) is 7.68. The Balaban J connectivity index is 2.32. The van der Waals surface area contributed by atoms with Crippen LogP contribution in [0.4, 0.5) is 0 Å². The fourth-order valence-electron chi connectivity index (χ4n) is 2.62. The van der Waals surface area contributed by atoms with Gasteiger partial charge < -0.3 is 10.8 Å². The Kier molecular flexibility index (Phi) is 3.21. The molecule has 4 heteroatoms. The molecule has 0 radical (unpaired) electrons. The first kappa shape index (κ1) is 11.5. The van der Waals surface area contributed by atoms with Gasteiger partial charge in [0, 0.05) is 24.4 Å². The molecule has 16 heavy (non-hydrogen) atoms. The Hall–Kier alpha value is -1.00. The molecule has 1 saturated carbocycles. The molecule has 0 spiro atoms. The number of hydrogen-bond donors (Lipinski definition) is 2. The van der Waals surface area contributed by atoms with Gasteiger partial charge in [0.1, 0.15) is 0 Å². The van der Waals surface area contributed by atoms with Crippen LogP contribution in [0.3, 0.4) is 0 Å². The van der Waals surface area contributed by atoms with E-state index in [2.05, 4.69) is 9.97 Å². The number of aryl methyl sites for hydroxylation is 1. The molecule has 0 unspecified atom stereocenters. The molecule has 1 aromatic rings. The van der Waals surface area contributed by atoms with Gasteiger partial charge in [-0.2, -0.15) is 0 Å². The van der Waals surface area contributed by atoms with Gasteiger partial charge in [0.15, 0.2) is 0 Å². The van der Waals surface area contributed by atoms with E-state index in [1.165, 1.54) is 0 Å². The van der Waals surface area contributed by atoms with Crippen molar-refractivity contribution in [2.75, 3.05) is 6.54 Å². The maximum absolute atomic E-state index is 9.58. The first-order valence-corrected chi connectivity index (χ1v) is 5.84. The van der Waals surface area contributed by atoms with Gasteiger partial charge in [0.05, 0.1) is 17.5 Å². The number of nitrogens with zero attached hydrogens (tertiary/aromatic N) is 2. The maximum atomic E-state index is 9.58. The molecule has 0 atom stereocenters. The number of aromatic nitrogens is 2. The Morgan fingerprint density at radius 2 is 2.00 bits per heavy atom. The molecule has 1 fully saturated rings. The summed E-state index contributed by atoms with van der Waals surface area (Å²) >= 11 is 0. The monoisotopic (exact) mass is 221 g/mol. The second-order valence-corrected chi connectivity index (χ2v) is 4.71. The normalized spacial score (nSPS) is 30.3. The lowest BCUT2D eigenvalue weighted by molar-refractivity contribution is 0.0958. The Labute approximate surface area is 95.9 Å². The van der Waals surface area contributed by atoms with Crippen molar-refractivity contribution in [2.45, 2.75) is 44.1 Å². The average molecular weight is 221 g/mol. The third kappa shape index (κ3) is 1.95. The minimum atomic E-state index is -0.170. The molecule has 2 rings (SSSR count). The van der Waals surface area contributed by atoms with Crippen molar-refractivity contribution < 1.29 is 5.11 Å². The molecule has 1 aliphatic rings. The van der Waals surface area contributed by atoms with Gasteiger partial charge in [0.2, 0.25) is 0 Å². The maximum Gasteiger partial charge on any atom is 0.0690 e. The van der Waals surface area contributed by atoms with Gasteiger partial charge in [-0.3, -0.25) is 9.97 Å². The van der Waals surface area contributed by atoms with Crippen molar-refractivity contribution in [3.8, 4) is 0 Å². The van der Waals surface area contributed by atoms with E-state index in [1.807, 2.05) is 6.92 Å². The van der Waals surface area contributed by atoms with Gasteiger partial charge in [0.25, 0.3) is 0 Å². The third-order valence-corrected chi connectivity index (χ3v) is 3.69. The summed E-state index contributed by atoms with van der Waals surface area (Å²) in [6, 6.07) is 0. The number of hydrogen-bond acceptors (Lipinski definition) is 4. The van der Waals surface area contributed by atoms with Crippen LogP contribution >= 0.6 is 0 Å². The first-order valence-electron chi connectivity index (χ1n) is 5.84. The summed E-state index contributed by atoms with van der Waals surface area (Å²) in [5.74, 6) is 0. The molecular formula is C12H19N3O. The molecule has 0 bridgehead atoms. The SMILES string of the molecule is Cc1nccnc1C1(CN)CCC(O)CC1. The molecule has 4 nitrogen and oxygen atoms in total. The molecule has 0 amide bonds. The minimum absolute atomic E-state index is 0.0719. The lowest BCUT2D eigenvalue weighted by atomic mass is 9.70. The van der Waals surface area contributed by atoms with Crippen LogP contribution in [-0.4, -0.2) is 27.7 Å². The topological polar surface area (TPSA) is 72.0 Å². The van der Waals surface area contributed by atoms with Crippen LogP contribution in [0.5, 0.6) is 0 Å². The van der Waals surface area contributed by atoms with Crippen LogP contribution in [0, 0.1) is 6.92 Å². The highest BCUT2D eigenvalue weighted by molar-refractivity contribution is 5.22. The second kappa shape index (κ2) is 4.47. The van der Waals surface area contributed by atoms with E-state index in [-0.39, 0.29) is 11.5 Å². The summed E-state index contributed by atoms with van der Waals surface area (Å²) in [7, 11) is 0. The molecule has 1 heterocycles. The largest absolute Gasteiger partial charge is 0.393 e. The smallest absolute Gasteiger partial charge is 0.0690 e. The molecule has 0 aromatic carbocycles. The Morgan fingerprint density at radius 3 is 2.56 bits per heavy atom. The lowest BCUT2D eigenvalue weighted by Crippen LogP contribution is -2.41. The lowest BCUT2D eigenvalue weighted by Gasteiger charge is -2.38.